The Morgan fingerprint density at radius 3 is 2.50 bits per heavy atom. The summed E-state index contributed by atoms with van der Waals surface area (Å²) < 4.78 is 1.59. The van der Waals surface area contributed by atoms with E-state index < -0.39 is 0 Å². The fraction of sp³-hybridized carbons (Fsp3) is 0.250. The zero-order valence-corrected chi connectivity index (χ0v) is 9.56. The number of carbonyl (C=O) groups excluding carboxylic acids is 1. The molecule has 0 bridgehead atoms. The van der Waals surface area contributed by atoms with Crippen molar-refractivity contribution in [3.63, 3.8) is 0 Å². The third-order valence-corrected chi connectivity index (χ3v) is 2.41. The topological polar surface area (TPSA) is 47.8 Å². The lowest BCUT2D eigenvalue weighted by Gasteiger charge is -2.01. The summed E-state index contributed by atoms with van der Waals surface area (Å²) in [5, 5.41) is 4.15. The number of hydrogen-bond donors (Lipinski definition) is 0. The summed E-state index contributed by atoms with van der Waals surface area (Å²) in [5.41, 5.74) is 2.92. The molecule has 0 aliphatic rings. The smallest absolute Gasteiger partial charge is 0.212 e. The summed E-state index contributed by atoms with van der Waals surface area (Å²) in [6.07, 6.45) is 1.60. The van der Waals surface area contributed by atoms with E-state index in [0.717, 1.165) is 11.4 Å². The van der Waals surface area contributed by atoms with Crippen LogP contribution in [0.4, 0.5) is 0 Å². The number of hydrogen-bond acceptors (Lipinski definition) is 3. The van der Waals surface area contributed by atoms with Crippen molar-refractivity contribution in [2.45, 2.75) is 13.8 Å². The summed E-state index contributed by atoms with van der Waals surface area (Å²) in [6, 6.07) is 5.39. The lowest BCUT2D eigenvalue weighted by molar-refractivity contribution is 0.103. The van der Waals surface area contributed by atoms with Crippen LogP contribution in [0.15, 0.2) is 24.4 Å². The highest BCUT2D eigenvalue weighted by Crippen LogP contribution is 2.10. The molecule has 4 heteroatoms. The van der Waals surface area contributed by atoms with Gasteiger partial charge in [-0.1, -0.05) is 0 Å². The minimum atomic E-state index is -0.0457. The van der Waals surface area contributed by atoms with Crippen LogP contribution in [0, 0.1) is 13.8 Å². The Hall–Kier alpha value is -1.97. The first-order chi connectivity index (χ1) is 7.58. The van der Waals surface area contributed by atoms with E-state index in [1.165, 1.54) is 0 Å². The molecule has 0 radical (unpaired) electrons. The number of aryl methyl sites for hydroxylation is 3. The lowest BCUT2D eigenvalue weighted by atomic mass is 10.1. The van der Waals surface area contributed by atoms with Crippen molar-refractivity contribution in [3.05, 3.63) is 47.0 Å². The summed E-state index contributed by atoms with van der Waals surface area (Å²) in [6.45, 7) is 3.76. The highest BCUT2D eigenvalue weighted by atomic mass is 16.1. The van der Waals surface area contributed by atoms with E-state index in [0.29, 0.717) is 11.3 Å². The standard InChI is InChI=1S/C12H13N3O/c1-8-4-5-10(7-13-8)12(16)11-6-9(2)14-15(11)3/h4-7H,1-3H3. The molecule has 82 valence electrons. The second-order valence-electron chi connectivity index (χ2n) is 3.81. The summed E-state index contributed by atoms with van der Waals surface area (Å²) >= 11 is 0. The van der Waals surface area contributed by atoms with Crippen LogP contribution >= 0.6 is 0 Å². The van der Waals surface area contributed by atoms with Gasteiger partial charge in [-0.05, 0) is 32.0 Å². The minimum Gasteiger partial charge on any atom is -0.287 e. The van der Waals surface area contributed by atoms with Gasteiger partial charge in [0.1, 0.15) is 5.69 Å². The number of aromatic nitrogens is 3. The van der Waals surface area contributed by atoms with Crippen LogP contribution in [0.5, 0.6) is 0 Å². The quantitative estimate of drug-likeness (QED) is 0.716. The van der Waals surface area contributed by atoms with Crippen LogP contribution < -0.4 is 0 Å². The average molecular weight is 215 g/mol. The molecule has 4 nitrogen and oxygen atoms in total. The predicted octanol–water partition coefficient (Wildman–Crippen LogP) is 1.66. The Kier molecular flexibility index (Phi) is 2.56. The molecule has 2 rings (SSSR count). The molecule has 2 aromatic heterocycles. The van der Waals surface area contributed by atoms with Gasteiger partial charge in [-0.2, -0.15) is 5.10 Å². The number of pyridine rings is 1. The van der Waals surface area contributed by atoms with Crippen molar-refractivity contribution in [1.82, 2.24) is 14.8 Å². The summed E-state index contributed by atoms with van der Waals surface area (Å²) in [5.74, 6) is -0.0457. The first-order valence-corrected chi connectivity index (χ1v) is 5.06. The Morgan fingerprint density at radius 1 is 1.25 bits per heavy atom. The van der Waals surface area contributed by atoms with Crippen molar-refractivity contribution >= 4 is 5.78 Å². The monoisotopic (exact) mass is 215 g/mol. The Morgan fingerprint density at radius 2 is 2.00 bits per heavy atom. The fourth-order valence-corrected chi connectivity index (χ4v) is 1.57. The van der Waals surface area contributed by atoms with Gasteiger partial charge in [-0.25, -0.2) is 0 Å². The predicted molar refractivity (Wildman–Crippen MR) is 60.4 cm³/mol. The number of nitrogens with zero attached hydrogens (tertiary/aromatic N) is 3. The van der Waals surface area contributed by atoms with Gasteiger partial charge >= 0.3 is 0 Å². The van der Waals surface area contributed by atoms with Crippen molar-refractivity contribution in [2.24, 2.45) is 7.05 Å². The molecule has 2 aromatic rings. The van der Waals surface area contributed by atoms with Gasteiger partial charge in [-0.15, -0.1) is 0 Å². The van der Waals surface area contributed by atoms with Gasteiger partial charge < -0.3 is 0 Å². The highest BCUT2D eigenvalue weighted by molar-refractivity contribution is 6.07. The molecule has 2 heterocycles. The maximum absolute atomic E-state index is 12.1. The van der Waals surface area contributed by atoms with Gasteiger partial charge in [0.2, 0.25) is 5.78 Å². The number of rotatable bonds is 2. The van der Waals surface area contributed by atoms with Gasteiger partial charge in [0.05, 0.1) is 5.69 Å². The lowest BCUT2D eigenvalue weighted by Crippen LogP contribution is -2.08. The molecule has 0 saturated carbocycles. The average Bonchev–Trinajstić information content (AvgIpc) is 2.58. The molecule has 16 heavy (non-hydrogen) atoms. The SMILES string of the molecule is Cc1ccc(C(=O)c2cc(C)nn2C)cn1. The Bertz CT molecular complexity index is 526. The molecule has 0 aromatic carbocycles. The van der Waals surface area contributed by atoms with Gasteiger partial charge in [0.15, 0.2) is 0 Å². The molecular weight excluding hydrogens is 202 g/mol. The third kappa shape index (κ3) is 1.86. The van der Waals surface area contributed by atoms with E-state index in [4.69, 9.17) is 0 Å². The molecule has 0 aliphatic heterocycles. The second-order valence-corrected chi connectivity index (χ2v) is 3.81. The van der Waals surface area contributed by atoms with E-state index >= 15 is 0 Å². The molecule has 0 atom stereocenters. The van der Waals surface area contributed by atoms with Crippen LogP contribution in [0.3, 0.4) is 0 Å². The van der Waals surface area contributed by atoms with Crippen molar-refractivity contribution < 1.29 is 4.79 Å². The van der Waals surface area contributed by atoms with Gasteiger partial charge in [0.25, 0.3) is 0 Å². The summed E-state index contributed by atoms with van der Waals surface area (Å²) in [7, 11) is 1.77. The molecule has 0 saturated heterocycles. The van der Waals surface area contributed by atoms with E-state index in [9.17, 15) is 4.79 Å². The second kappa shape index (κ2) is 3.89. The third-order valence-electron chi connectivity index (χ3n) is 2.41. The summed E-state index contributed by atoms with van der Waals surface area (Å²) in [4.78, 5) is 16.2. The normalized spacial score (nSPS) is 10.4. The van der Waals surface area contributed by atoms with Crippen molar-refractivity contribution in [2.75, 3.05) is 0 Å². The molecular formula is C12H13N3O. The van der Waals surface area contributed by atoms with Gasteiger partial charge in [-0.3, -0.25) is 14.5 Å². The zero-order chi connectivity index (χ0) is 11.7. The van der Waals surface area contributed by atoms with E-state index in [-0.39, 0.29) is 5.78 Å². The maximum atomic E-state index is 12.1. The first kappa shape index (κ1) is 10.5. The molecule has 0 amide bonds. The number of ketones is 1. The van der Waals surface area contributed by atoms with E-state index in [1.54, 1.807) is 30.1 Å². The fourth-order valence-electron chi connectivity index (χ4n) is 1.57. The minimum absolute atomic E-state index is 0.0457. The van der Waals surface area contributed by atoms with Crippen LogP contribution in [0.25, 0.3) is 0 Å². The molecule has 0 N–H and O–H groups in total. The van der Waals surface area contributed by atoms with Crippen LogP contribution in [-0.4, -0.2) is 20.5 Å². The van der Waals surface area contributed by atoms with E-state index in [1.807, 2.05) is 19.9 Å². The molecule has 0 unspecified atom stereocenters. The van der Waals surface area contributed by atoms with Gasteiger partial charge in [0, 0.05) is 24.5 Å². The van der Waals surface area contributed by atoms with Crippen molar-refractivity contribution in [1.29, 1.82) is 0 Å². The Balaban J connectivity index is 2.39. The highest BCUT2D eigenvalue weighted by Gasteiger charge is 2.14. The largest absolute Gasteiger partial charge is 0.287 e. The van der Waals surface area contributed by atoms with Crippen LogP contribution in [-0.2, 0) is 7.05 Å². The first-order valence-electron chi connectivity index (χ1n) is 5.06. The number of carbonyl (C=O) groups is 1. The molecule has 0 fully saturated rings. The van der Waals surface area contributed by atoms with Crippen LogP contribution in [0.1, 0.15) is 27.4 Å². The zero-order valence-electron chi connectivity index (χ0n) is 9.56. The Labute approximate surface area is 93.9 Å². The van der Waals surface area contributed by atoms with Crippen LogP contribution in [0.2, 0.25) is 0 Å². The molecule has 0 aliphatic carbocycles. The maximum Gasteiger partial charge on any atom is 0.212 e. The van der Waals surface area contributed by atoms with Crippen molar-refractivity contribution in [3.8, 4) is 0 Å². The van der Waals surface area contributed by atoms with E-state index in [2.05, 4.69) is 10.1 Å². The molecule has 0 spiro atoms.